The molecule has 14 nitrogen and oxygen atoms in total. The summed E-state index contributed by atoms with van der Waals surface area (Å²) in [6.45, 7) is 0. The van der Waals surface area contributed by atoms with E-state index in [-0.39, 0.29) is 26.5 Å². The number of phenolic OH excluding ortho intramolecular Hbond substituents is 1. The zero-order valence-corrected chi connectivity index (χ0v) is 23.3. The number of benzene rings is 4. The van der Waals surface area contributed by atoms with Crippen molar-refractivity contribution in [3.05, 3.63) is 76.8 Å². The number of hydrogen-bond acceptors (Lipinski definition) is 11. The van der Waals surface area contributed by atoms with Crippen molar-refractivity contribution in [1.82, 2.24) is 0 Å². The van der Waals surface area contributed by atoms with Gasteiger partial charge in [-0.25, -0.2) is 0 Å². The van der Waals surface area contributed by atoms with Crippen LogP contribution in [0.5, 0.6) is 5.75 Å². The fraction of sp³-hybridized carbons (Fsp3) is 0. The van der Waals surface area contributed by atoms with E-state index in [1.54, 1.807) is 30.3 Å². The molecule has 0 amide bonds. The second-order valence-electron chi connectivity index (χ2n) is 7.77. The van der Waals surface area contributed by atoms with Gasteiger partial charge in [0.25, 0.3) is 0 Å². The summed E-state index contributed by atoms with van der Waals surface area (Å²) >= 11 is 0.709. The quantitative estimate of drug-likeness (QED) is 0.0877. The molecule has 0 aromatic heterocycles. The first-order valence-corrected chi connectivity index (χ1v) is 14.6. The molecule has 4 aromatic carbocycles. The van der Waals surface area contributed by atoms with Crippen LogP contribution in [-0.2, 0) is 20.2 Å². The van der Waals surface area contributed by atoms with Crippen LogP contribution in [0.15, 0.2) is 97.0 Å². The molecule has 0 aliphatic heterocycles. The zero-order valence-electron chi connectivity index (χ0n) is 19.3. The van der Waals surface area contributed by atoms with Crippen LogP contribution < -0.4 is 4.35 Å². The number of rotatable bonds is 7. The Morgan fingerprint density at radius 3 is 1.87 bits per heavy atom. The summed E-state index contributed by atoms with van der Waals surface area (Å²) in [6, 6.07) is 14.8. The molecule has 200 valence electrons. The van der Waals surface area contributed by atoms with E-state index >= 15 is 0 Å². The fourth-order valence-electron chi connectivity index (χ4n) is 3.48. The molecule has 0 saturated heterocycles. The number of nitrogens with zero attached hydrogens (tertiary/aromatic N) is 5. The van der Waals surface area contributed by atoms with Gasteiger partial charge in [-0.15, -0.1) is 0 Å². The Kier molecular flexibility index (Phi) is 7.59. The normalized spacial score (nSPS) is 12.5. The topological polar surface area (TPSA) is 222 Å². The molecule has 17 heteroatoms. The van der Waals surface area contributed by atoms with Crippen molar-refractivity contribution in [2.45, 2.75) is 9.79 Å². The number of nitro groups is 1. The molecule has 3 N–H and O–H groups in total. The van der Waals surface area contributed by atoms with Crippen LogP contribution in [0, 0.1) is 10.1 Å². The predicted molar refractivity (Wildman–Crippen MR) is 141 cm³/mol. The third kappa shape index (κ3) is 6.00. The van der Waals surface area contributed by atoms with E-state index < -0.39 is 52.1 Å². The Morgan fingerprint density at radius 1 is 0.744 bits per heavy atom. The van der Waals surface area contributed by atoms with Crippen molar-refractivity contribution >= 4 is 80.6 Å². The Morgan fingerprint density at radius 2 is 1.28 bits per heavy atom. The van der Waals surface area contributed by atoms with Crippen molar-refractivity contribution in [3.63, 3.8) is 0 Å². The summed E-state index contributed by atoms with van der Waals surface area (Å²) in [5.74, 6) is -0.770. The van der Waals surface area contributed by atoms with Gasteiger partial charge in [-0.3, -0.25) is 0 Å². The van der Waals surface area contributed by atoms with Crippen LogP contribution in [0.2, 0.25) is 0 Å². The number of aromatic hydroxyl groups is 1. The van der Waals surface area contributed by atoms with Gasteiger partial charge in [-0.1, -0.05) is 0 Å². The molecule has 4 aromatic rings. The minimum atomic E-state index is -5.00. The van der Waals surface area contributed by atoms with Crippen LogP contribution in [0.1, 0.15) is 0 Å². The minimum absolute atomic E-state index is 0.0132. The summed E-state index contributed by atoms with van der Waals surface area (Å²) in [5, 5.41) is 37.2. The van der Waals surface area contributed by atoms with Crippen molar-refractivity contribution in [3.8, 4) is 5.75 Å². The molecule has 0 aliphatic carbocycles. The van der Waals surface area contributed by atoms with Gasteiger partial charge in [0.1, 0.15) is 0 Å². The van der Waals surface area contributed by atoms with E-state index in [2.05, 4.69) is 20.5 Å². The second kappa shape index (κ2) is 10.6. The number of nitro benzene ring substituents is 1. The molecule has 0 aliphatic rings. The second-order valence-corrected chi connectivity index (χ2v) is 11.8. The first-order chi connectivity index (χ1) is 18.3. The zero-order chi connectivity index (χ0) is 28.5. The van der Waals surface area contributed by atoms with E-state index in [9.17, 15) is 41.2 Å². The summed E-state index contributed by atoms with van der Waals surface area (Å²) in [5.41, 5.74) is -1.07. The molecule has 0 radical (unpaired) electrons. The Balaban J connectivity index is 2.01. The average molecular weight is 633 g/mol. The average Bonchev–Trinajstić information content (AvgIpc) is 2.86. The number of phenols is 1. The van der Waals surface area contributed by atoms with Crippen molar-refractivity contribution in [2.75, 3.05) is 0 Å². The van der Waals surface area contributed by atoms with Gasteiger partial charge < -0.3 is 0 Å². The first kappa shape index (κ1) is 27.9. The molecule has 39 heavy (non-hydrogen) atoms. The molecule has 0 saturated carbocycles. The first-order valence-electron chi connectivity index (χ1n) is 10.5. The van der Waals surface area contributed by atoms with Crippen LogP contribution in [0.4, 0.5) is 28.4 Å². The summed E-state index contributed by atoms with van der Waals surface area (Å²) in [4.78, 5) is 8.72. The molecule has 0 bridgehead atoms. The summed E-state index contributed by atoms with van der Waals surface area (Å²) in [6.07, 6.45) is 0. The Hall–Kier alpha value is -4.08. The van der Waals surface area contributed by atoms with Crippen LogP contribution in [0.3, 0.4) is 0 Å². The van der Waals surface area contributed by atoms with Gasteiger partial charge in [0.05, 0.1) is 0 Å². The number of non-ortho nitro benzene ring substituents is 1. The van der Waals surface area contributed by atoms with E-state index in [1.807, 2.05) is 0 Å². The van der Waals surface area contributed by atoms with Crippen molar-refractivity contribution in [2.24, 2.45) is 20.5 Å². The van der Waals surface area contributed by atoms with Gasteiger partial charge in [-0.05, 0) is 0 Å². The third-order valence-corrected chi connectivity index (χ3v) is 8.11. The molecular formula is C22H16AsN5O9S2. The molecular weight excluding hydrogens is 617 g/mol. The fourth-order valence-corrected chi connectivity index (χ4v) is 6.12. The van der Waals surface area contributed by atoms with E-state index in [0.29, 0.717) is 22.5 Å². The van der Waals surface area contributed by atoms with Gasteiger partial charge in [0.2, 0.25) is 0 Å². The molecule has 0 fully saturated rings. The van der Waals surface area contributed by atoms with Crippen LogP contribution in [0.25, 0.3) is 10.8 Å². The maximum absolute atomic E-state index is 12.2. The summed E-state index contributed by atoms with van der Waals surface area (Å²) in [7, 11) is -9.98. The molecule has 1 atom stereocenters. The SMILES string of the molecule is O=[N+]([O-])c1cccc(N=Nc2c(S(=O)(=O)O)cc3cc(S(=O)(=O)O)c(N=Nc4ccccc4)c(O)c3c2[AsH2])c1. The molecule has 0 heterocycles. The Labute approximate surface area is 228 Å². The van der Waals surface area contributed by atoms with E-state index in [4.69, 9.17) is 0 Å². The van der Waals surface area contributed by atoms with Gasteiger partial charge in [-0.2, -0.15) is 0 Å². The standard InChI is InChI=1S/C22H16AsN5O9S2/c23-19-18-12(10-17(39(35,36)37)21(22(18)29)27-24-13-5-2-1-3-6-13)9-16(38(32,33)34)20(19)26-25-14-7-4-8-15(11-14)28(30)31/h1-11,29H,23H2,(H,32,33,34)(H,35,36,37). The monoisotopic (exact) mass is 633 g/mol. The van der Waals surface area contributed by atoms with Gasteiger partial charge >= 0.3 is 229 Å². The van der Waals surface area contributed by atoms with Gasteiger partial charge in [0, 0.05) is 0 Å². The van der Waals surface area contributed by atoms with Crippen molar-refractivity contribution < 1.29 is 36.0 Å². The van der Waals surface area contributed by atoms with E-state index in [0.717, 1.165) is 18.2 Å². The van der Waals surface area contributed by atoms with Gasteiger partial charge in [0.15, 0.2) is 0 Å². The Bertz CT molecular complexity index is 1910. The summed E-state index contributed by atoms with van der Waals surface area (Å²) < 4.78 is 68.3. The van der Waals surface area contributed by atoms with Crippen LogP contribution >= 0.6 is 0 Å². The number of hydrogen-bond donors (Lipinski definition) is 3. The van der Waals surface area contributed by atoms with Crippen molar-refractivity contribution in [1.29, 1.82) is 0 Å². The molecule has 4 rings (SSSR count). The maximum atomic E-state index is 12.2. The number of fused-ring (bicyclic) bond motifs is 1. The number of azo groups is 2. The third-order valence-electron chi connectivity index (χ3n) is 5.20. The van der Waals surface area contributed by atoms with E-state index in [1.165, 1.54) is 18.2 Å². The van der Waals surface area contributed by atoms with Crippen LogP contribution in [-0.4, -0.2) is 52.8 Å². The predicted octanol–water partition coefficient (Wildman–Crippen LogP) is 4.04. The molecule has 1 unspecified atom stereocenters. The molecule has 0 spiro atoms.